The van der Waals surface area contributed by atoms with Crippen LogP contribution in [0.25, 0.3) is 134 Å². The summed E-state index contributed by atoms with van der Waals surface area (Å²) in [6.45, 7) is 0. The molecule has 0 fully saturated rings. The summed E-state index contributed by atoms with van der Waals surface area (Å²) in [5.74, 6) is 1.27. The van der Waals surface area contributed by atoms with Crippen molar-refractivity contribution >= 4 is 43.6 Å². The Balaban J connectivity index is 1.15. The van der Waals surface area contributed by atoms with Gasteiger partial charge < -0.3 is 4.42 Å². The lowest BCUT2D eigenvalue weighted by atomic mass is 9.90. The van der Waals surface area contributed by atoms with Crippen LogP contribution in [-0.4, -0.2) is 24.9 Å². The van der Waals surface area contributed by atoms with Crippen LogP contribution in [0.1, 0.15) is 0 Å². The van der Waals surface area contributed by atoms with Gasteiger partial charge in [-0.3, -0.25) is 0 Å². The first-order valence-corrected chi connectivity index (χ1v) is 23.1. The second kappa shape index (κ2) is 16.8. The molecule has 0 bridgehead atoms. The Bertz CT molecular complexity index is 3790. The lowest BCUT2D eigenvalue weighted by Crippen LogP contribution is -1.98. The predicted octanol–water partition coefficient (Wildman–Crippen LogP) is 16.2. The molecular weight excluding hydrogens is 843 g/mol. The molecule has 69 heavy (non-hydrogen) atoms. The zero-order valence-corrected chi connectivity index (χ0v) is 37.2. The molecule has 6 nitrogen and oxygen atoms in total. The third kappa shape index (κ3) is 7.28. The second-order valence-electron chi connectivity index (χ2n) is 17.2. The van der Waals surface area contributed by atoms with Gasteiger partial charge in [-0.2, -0.15) is 0 Å². The zero-order valence-electron chi connectivity index (χ0n) is 37.2. The van der Waals surface area contributed by atoms with Gasteiger partial charge in [0.2, 0.25) is 0 Å². The van der Waals surface area contributed by atoms with Gasteiger partial charge in [0.15, 0.2) is 11.6 Å². The third-order valence-corrected chi connectivity index (χ3v) is 12.8. The summed E-state index contributed by atoms with van der Waals surface area (Å²) in [5.41, 5.74) is 15.1. The molecule has 4 heterocycles. The fourth-order valence-corrected chi connectivity index (χ4v) is 9.58. The standard InChI is InChI=1S/C63H39N5O/c1-6-20-40(21-7-1)53-38-55(67-62(65-53)43-26-12-4-13-27-43)46-34-45(35-47(36-46)56-39-54(41-22-8-2-9-23-41)66-63(68-56)44-28-14-5-15-29-44)50-37-51-58(59-49-31-17-19-33-57(49)69-61(50)59)48-30-16-18-32-52(48)64-60(51)42-24-10-3-11-25-42/h1-39H. The van der Waals surface area contributed by atoms with Crippen molar-refractivity contribution in [1.29, 1.82) is 0 Å². The van der Waals surface area contributed by atoms with E-state index in [4.69, 9.17) is 29.3 Å². The summed E-state index contributed by atoms with van der Waals surface area (Å²) in [4.78, 5) is 26.4. The number of furan rings is 1. The number of hydrogen-bond donors (Lipinski definition) is 0. The van der Waals surface area contributed by atoms with E-state index in [9.17, 15) is 0 Å². The van der Waals surface area contributed by atoms with Crippen LogP contribution < -0.4 is 0 Å². The average Bonchev–Trinajstić information content (AvgIpc) is 3.83. The first-order valence-electron chi connectivity index (χ1n) is 23.1. The van der Waals surface area contributed by atoms with Crippen LogP contribution in [0.4, 0.5) is 0 Å². The van der Waals surface area contributed by atoms with Crippen molar-refractivity contribution in [2.24, 2.45) is 0 Å². The topological polar surface area (TPSA) is 77.6 Å². The van der Waals surface area contributed by atoms with Gasteiger partial charge in [0.25, 0.3) is 0 Å². The molecule has 0 spiro atoms. The normalized spacial score (nSPS) is 11.5. The minimum atomic E-state index is 0.634. The molecule has 6 heteroatoms. The van der Waals surface area contributed by atoms with Gasteiger partial charge in [0.1, 0.15) is 11.2 Å². The van der Waals surface area contributed by atoms with Gasteiger partial charge in [0, 0.05) is 71.4 Å². The summed E-state index contributed by atoms with van der Waals surface area (Å²) in [7, 11) is 0. The Hall–Kier alpha value is -9.39. The number of benzene rings is 9. The van der Waals surface area contributed by atoms with Crippen molar-refractivity contribution in [3.8, 4) is 90.2 Å². The largest absolute Gasteiger partial charge is 0.455 e. The van der Waals surface area contributed by atoms with Crippen LogP contribution >= 0.6 is 0 Å². The lowest BCUT2D eigenvalue weighted by molar-refractivity contribution is 0.670. The quantitative estimate of drug-likeness (QED) is 0.142. The highest BCUT2D eigenvalue weighted by atomic mass is 16.3. The summed E-state index contributed by atoms with van der Waals surface area (Å²) in [6, 6.07) is 81.3. The van der Waals surface area contributed by atoms with Crippen LogP contribution in [-0.2, 0) is 0 Å². The fraction of sp³-hybridized carbons (Fsp3) is 0. The van der Waals surface area contributed by atoms with E-state index >= 15 is 0 Å². The van der Waals surface area contributed by atoms with Crippen LogP contribution in [0.2, 0.25) is 0 Å². The molecule has 0 aliphatic rings. The summed E-state index contributed by atoms with van der Waals surface area (Å²) in [5, 5.41) is 5.28. The van der Waals surface area contributed by atoms with Gasteiger partial charge in [0.05, 0.1) is 34.0 Å². The van der Waals surface area contributed by atoms with E-state index in [1.165, 1.54) is 0 Å². The molecule has 322 valence electrons. The van der Waals surface area contributed by atoms with Crippen LogP contribution in [0.3, 0.4) is 0 Å². The van der Waals surface area contributed by atoms with Gasteiger partial charge in [-0.1, -0.05) is 188 Å². The summed E-state index contributed by atoms with van der Waals surface area (Å²) in [6.07, 6.45) is 0. The monoisotopic (exact) mass is 881 g/mol. The Kier molecular flexibility index (Phi) is 9.72. The van der Waals surface area contributed by atoms with Crippen molar-refractivity contribution in [2.45, 2.75) is 0 Å². The first kappa shape index (κ1) is 39.9. The predicted molar refractivity (Wildman–Crippen MR) is 281 cm³/mol. The Morgan fingerprint density at radius 3 is 1.23 bits per heavy atom. The molecule has 0 aliphatic carbocycles. The summed E-state index contributed by atoms with van der Waals surface area (Å²) < 4.78 is 7.07. The lowest BCUT2D eigenvalue weighted by Gasteiger charge is -2.16. The number of fused-ring (bicyclic) bond motifs is 7. The molecule has 13 rings (SSSR count). The van der Waals surface area contributed by atoms with Crippen LogP contribution in [0, 0.1) is 0 Å². The minimum Gasteiger partial charge on any atom is -0.455 e. The molecule has 0 atom stereocenters. The second-order valence-corrected chi connectivity index (χ2v) is 17.2. The van der Waals surface area contributed by atoms with Crippen molar-refractivity contribution in [1.82, 2.24) is 24.9 Å². The number of rotatable bonds is 8. The number of hydrogen-bond acceptors (Lipinski definition) is 6. The SMILES string of the molecule is c1ccc(-c2cc(-c3cc(-c4cc(-c5ccccc5)nc(-c5ccccc5)n4)cc(-c4cc5c(-c6ccccc6)nc6ccccc6c5c5c4oc4ccccc45)c3)nc(-c3ccccc3)n2)cc1. The van der Waals surface area contributed by atoms with E-state index < -0.39 is 0 Å². The van der Waals surface area contributed by atoms with Gasteiger partial charge >= 0.3 is 0 Å². The average molecular weight is 882 g/mol. The van der Waals surface area contributed by atoms with E-state index in [-0.39, 0.29) is 0 Å². The van der Waals surface area contributed by atoms with Gasteiger partial charge in [-0.05, 0) is 54.1 Å². The maximum absolute atomic E-state index is 7.07. The van der Waals surface area contributed by atoms with E-state index in [1.807, 2.05) is 84.9 Å². The van der Waals surface area contributed by atoms with Crippen molar-refractivity contribution < 1.29 is 4.42 Å². The molecule has 13 aromatic rings. The minimum absolute atomic E-state index is 0.634. The van der Waals surface area contributed by atoms with Crippen molar-refractivity contribution in [3.05, 3.63) is 237 Å². The van der Waals surface area contributed by atoms with E-state index in [1.54, 1.807) is 0 Å². The van der Waals surface area contributed by atoms with Crippen LogP contribution in [0.15, 0.2) is 241 Å². The number of aromatic nitrogens is 5. The number of nitrogens with zero attached hydrogens (tertiary/aromatic N) is 5. The molecule has 0 unspecified atom stereocenters. The van der Waals surface area contributed by atoms with E-state index in [0.29, 0.717) is 11.6 Å². The molecule has 0 amide bonds. The molecule has 0 saturated heterocycles. The van der Waals surface area contributed by atoms with Crippen molar-refractivity contribution in [2.75, 3.05) is 0 Å². The molecule has 0 radical (unpaired) electrons. The Morgan fingerprint density at radius 2 is 0.696 bits per heavy atom. The molecule has 9 aromatic carbocycles. The molecule has 0 N–H and O–H groups in total. The molecular formula is C63H39N5O. The number of pyridine rings is 1. The maximum atomic E-state index is 7.07. The zero-order chi connectivity index (χ0) is 45.7. The first-order chi connectivity index (χ1) is 34.2. The van der Waals surface area contributed by atoms with E-state index in [0.717, 1.165) is 122 Å². The Morgan fingerprint density at radius 1 is 0.275 bits per heavy atom. The summed E-state index contributed by atoms with van der Waals surface area (Å²) >= 11 is 0. The highest BCUT2D eigenvalue weighted by molar-refractivity contribution is 6.30. The molecule has 0 saturated carbocycles. The smallest absolute Gasteiger partial charge is 0.160 e. The molecule has 0 aliphatic heterocycles. The van der Waals surface area contributed by atoms with Gasteiger partial charge in [-0.15, -0.1) is 0 Å². The highest BCUT2D eigenvalue weighted by Crippen LogP contribution is 2.47. The third-order valence-electron chi connectivity index (χ3n) is 12.8. The highest BCUT2D eigenvalue weighted by Gasteiger charge is 2.23. The fourth-order valence-electron chi connectivity index (χ4n) is 9.58. The molecule has 4 aromatic heterocycles. The van der Waals surface area contributed by atoms with Crippen molar-refractivity contribution in [3.63, 3.8) is 0 Å². The maximum Gasteiger partial charge on any atom is 0.160 e. The van der Waals surface area contributed by atoms with Crippen LogP contribution in [0.5, 0.6) is 0 Å². The Labute approximate surface area is 398 Å². The van der Waals surface area contributed by atoms with E-state index in [2.05, 4.69) is 152 Å². The number of para-hydroxylation sites is 2. The van der Waals surface area contributed by atoms with Gasteiger partial charge in [-0.25, -0.2) is 24.9 Å².